The first-order chi connectivity index (χ1) is 9.45. The maximum absolute atomic E-state index is 4.50. The summed E-state index contributed by atoms with van der Waals surface area (Å²) in [6.45, 7) is 0. The van der Waals surface area contributed by atoms with Crippen molar-refractivity contribution in [2.75, 3.05) is 0 Å². The molecule has 3 rings (SSSR count). The van der Waals surface area contributed by atoms with E-state index >= 15 is 0 Å². The van der Waals surface area contributed by atoms with Gasteiger partial charge in [0.25, 0.3) is 0 Å². The molecule has 3 aromatic heterocycles. The Morgan fingerprint density at radius 3 is 1.15 bits per heavy atom. The third-order valence-corrected chi connectivity index (χ3v) is 5.19. The monoisotopic (exact) mass is 369 g/mol. The van der Waals surface area contributed by atoms with Crippen molar-refractivity contribution in [2.24, 2.45) is 0 Å². The minimum absolute atomic E-state index is 0. The molecule has 0 atom stereocenters. The van der Waals surface area contributed by atoms with Crippen LogP contribution in [-0.4, -0.2) is 15.0 Å². The fourth-order valence-corrected chi connectivity index (χ4v) is 4.11. The molecule has 0 bridgehead atoms. The Hall–Kier alpha value is -1.50. The van der Waals surface area contributed by atoms with E-state index in [1.807, 2.05) is 55.0 Å². The molecule has 3 aromatic rings. The normalized spacial score (nSPS) is 10.1. The van der Waals surface area contributed by atoms with Gasteiger partial charge in [-0.2, -0.15) is 0 Å². The van der Waals surface area contributed by atoms with Gasteiger partial charge in [-0.1, -0.05) is 18.2 Å². The van der Waals surface area contributed by atoms with Gasteiger partial charge in [-0.3, -0.25) is 0 Å². The standard InChI is InChI=1S/C15H12N3P.Rh/c1-4-10-16-13(7-1)19(14-8-2-5-11-17-14)15-9-3-6-12-18-15;/h1-12H;/p+1. The number of aromatic nitrogens is 3. The van der Waals surface area contributed by atoms with Crippen LogP contribution in [0.25, 0.3) is 0 Å². The van der Waals surface area contributed by atoms with Gasteiger partial charge in [0.05, 0.1) is 0 Å². The Bertz CT molecular complexity index is 541. The number of rotatable bonds is 3. The maximum Gasteiger partial charge on any atom is 0.193 e. The van der Waals surface area contributed by atoms with Crippen LogP contribution in [0.2, 0.25) is 0 Å². The molecule has 0 aromatic carbocycles. The van der Waals surface area contributed by atoms with Gasteiger partial charge in [-0.25, -0.2) is 15.0 Å². The molecule has 0 aliphatic heterocycles. The van der Waals surface area contributed by atoms with E-state index in [1.54, 1.807) is 0 Å². The molecule has 20 heavy (non-hydrogen) atoms. The topological polar surface area (TPSA) is 38.7 Å². The fraction of sp³-hybridized carbons (Fsp3) is 0. The predicted octanol–water partition coefficient (Wildman–Crippen LogP) is 1.36. The molecule has 0 aliphatic rings. The average molecular weight is 369 g/mol. The van der Waals surface area contributed by atoms with Crippen LogP contribution in [0.3, 0.4) is 0 Å². The molecule has 0 spiro atoms. The fourth-order valence-electron chi connectivity index (χ4n) is 1.93. The van der Waals surface area contributed by atoms with Crippen molar-refractivity contribution in [3.63, 3.8) is 0 Å². The summed E-state index contributed by atoms with van der Waals surface area (Å²) in [5.41, 5.74) is 3.18. The summed E-state index contributed by atoms with van der Waals surface area (Å²) in [4.78, 5) is 13.5. The van der Waals surface area contributed by atoms with Crippen molar-refractivity contribution in [3.05, 3.63) is 73.2 Å². The van der Waals surface area contributed by atoms with Gasteiger partial charge in [0.1, 0.15) is 0 Å². The van der Waals surface area contributed by atoms with Crippen LogP contribution in [0.5, 0.6) is 0 Å². The summed E-state index contributed by atoms with van der Waals surface area (Å²) in [7, 11) is -1.21. The zero-order valence-electron chi connectivity index (χ0n) is 10.6. The molecule has 0 amide bonds. The Morgan fingerprint density at radius 1 is 0.550 bits per heavy atom. The zero-order valence-corrected chi connectivity index (χ0v) is 13.2. The first-order valence-corrected chi connectivity index (χ1v) is 7.56. The van der Waals surface area contributed by atoms with Crippen LogP contribution in [0.15, 0.2) is 73.2 Å². The molecule has 0 N–H and O–H groups in total. The number of hydrogen-bond donors (Lipinski definition) is 0. The smallest absolute Gasteiger partial charge is 0.193 e. The molecule has 3 heterocycles. The number of pyridine rings is 3. The summed E-state index contributed by atoms with van der Waals surface area (Å²) < 4.78 is 0. The van der Waals surface area contributed by atoms with Gasteiger partial charge in [-0.15, -0.1) is 0 Å². The molecule has 0 saturated carbocycles. The minimum atomic E-state index is -1.21. The second-order valence-corrected chi connectivity index (χ2v) is 6.31. The van der Waals surface area contributed by atoms with E-state index < -0.39 is 7.92 Å². The van der Waals surface area contributed by atoms with E-state index in [0.29, 0.717) is 0 Å². The molecule has 101 valence electrons. The van der Waals surface area contributed by atoms with Gasteiger partial charge < -0.3 is 0 Å². The quantitative estimate of drug-likeness (QED) is 0.517. The van der Waals surface area contributed by atoms with E-state index in [9.17, 15) is 0 Å². The molecule has 5 heteroatoms. The predicted molar refractivity (Wildman–Crippen MR) is 79.9 cm³/mol. The first-order valence-electron chi connectivity index (χ1n) is 6.06. The molecule has 3 nitrogen and oxygen atoms in total. The van der Waals surface area contributed by atoms with Crippen LogP contribution in [-0.2, 0) is 19.5 Å². The second-order valence-electron chi connectivity index (χ2n) is 4.02. The Kier molecular flexibility index (Phi) is 5.46. The van der Waals surface area contributed by atoms with Crippen molar-refractivity contribution < 1.29 is 19.5 Å². The summed E-state index contributed by atoms with van der Waals surface area (Å²) in [6, 6.07) is 18.0. The van der Waals surface area contributed by atoms with E-state index in [2.05, 4.69) is 33.2 Å². The molecular weight excluding hydrogens is 356 g/mol. The minimum Gasteiger partial charge on any atom is -0.222 e. The van der Waals surface area contributed by atoms with Gasteiger partial charge in [-0.05, 0) is 18.2 Å². The largest absolute Gasteiger partial charge is 0.222 e. The van der Waals surface area contributed by atoms with Gasteiger partial charge in [0.2, 0.25) is 0 Å². The van der Waals surface area contributed by atoms with E-state index in [4.69, 9.17) is 0 Å². The summed E-state index contributed by atoms with van der Waals surface area (Å²) >= 11 is 0. The van der Waals surface area contributed by atoms with E-state index in [-0.39, 0.29) is 19.5 Å². The number of hydrogen-bond acceptors (Lipinski definition) is 3. The molecule has 0 fully saturated rings. The molecule has 0 unspecified atom stereocenters. The summed E-state index contributed by atoms with van der Waals surface area (Å²) in [5.74, 6) is 0. The Morgan fingerprint density at radius 2 is 0.900 bits per heavy atom. The zero-order chi connectivity index (χ0) is 12.9. The number of nitrogens with zero attached hydrogens (tertiary/aromatic N) is 3. The van der Waals surface area contributed by atoms with E-state index in [0.717, 1.165) is 16.3 Å². The van der Waals surface area contributed by atoms with Crippen molar-refractivity contribution in [2.45, 2.75) is 0 Å². The molecule has 0 saturated heterocycles. The summed E-state index contributed by atoms with van der Waals surface area (Å²) in [6.07, 6.45) is 5.48. The summed E-state index contributed by atoms with van der Waals surface area (Å²) in [5, 5.41) is 0. The van der Waals surface area contributed by atoms with Crippen LogP contribution in [0, 0.1) is 0 Å². The van der Waals surface area contributed by atoms with Gasteiger partial charge in [0, 0.05) is 56.3 Å². The van der Waals surface area contributed by atoms with Crippen LogP contribution in [0.1, 0.15) is 0 Å². The van der Waals surface area contributed by atoms with E-state index in [1.165, 1.54) is 0 Å². The first kappa shape index (κ1) is 14.9. The van der Waals surface area contributed by atoms with Crippen molar-refractivity contribution in [1.82, 2.24) is 15.0 Å². The van der Waals surface area contributed by atoms with Crippen LogP contribution >= 0.6 is 7.92 Å². The maximum atomic E-state index is 4.50. The van der Waals surface area contributed by atoms with Crippen molar-refractivity contribution >= 4 is 24.2 Å². The van der Waals surface area contributed by atoms with Crippen molar-refractivity contribution in [3.8, 4) is 0 Å². The molecule has 1 radical (unpaired) electrons. The van der Waals surface area contributed by atoms with Gasteiger partial charge >= 0.3 is 0 Å². The van der Waals surface area contributed by atoms with Crippen molar-refractivity contribution in [1.29, 1.82) is 0 Å². The Balaban J connectivity index is 0.00000147. The molecule has 0 aliphatic carbocycles. The van der Waals surface area contributed by atoms with Crippen LogP contribution in [0.4, 0.5) is 0 Å². The average Bonchev–Trinajstić information content (AvgIpc) is 2.51. The third kappa shape index (κ3) is 3.33. The third-order valence-electron chi connectivity index (χ3n) is 2.76. The Labute approximate surface area is 132 Å². The second kappa shape index (κ2) is 7.33. The van der Waals surface area contributed by atoms with Gasteiger partial charge in [0.15, 0.2) is 24.2 Å². The molecular formula is C15H13N3PRh+. The SMILES string of the molecule is [Rh].c1ccc([PH+](c2ccccn2)c2ccccn2)nc1. The van der Waals surface area contributed by atoms with Crippen LogP contribution < -0.4 is 16.3 Å².